The maximum Gasteiger partial charge on any atom is 0.336 e. The molecule has 3 unspecified atom stereocenters. The van der Waals surface area contributed by atoms with Crippen LogP contribution < -0.4 is 0 Å². The van der Waals surface area contributed by atoms with E-state index in [9.17, 15) is 19.8 Å². The van der Waals surface area contributed by atoms with Crippen LogP contribution in [0.3, 0.4) is 0 Å². The van der Waals surface area contributed by atoms with Crippen molar-refractivity contribution in [1.82, 2.24) is 0 Å². The van der Waals surface area contributed by atoms with Gasteiger partial charge in [-0.15, -0.1) is 0 Å². The van der Waals surface area contributed by atoms with Crippen molar-refractivity contribution in [3.05, 3.63) is 118 Å². The van der Waals surface area contributed by atoms with Gasteiger partial charge in [-0.25, -0.2) is 4.79 Å². The molecule has 1 aliphatic rings. The average molecular weight is 645 g/mol. The maximum atomic E-state index is 14.1. The minimum Gasteiger partial charge on any atom is -0.464 e. The summed E-state index contributed by atoms with van der Waals surface area (Å²) in [6.45, 7) is 0.721. The molecule has 240 valence electrons. The van der Waals surface area contributed by atoms with E-state index in [2.05, 4.69) is 4.99 Å². The van der Waals surface area contributed by atoms with Gasteiger partial charge in [0.15, 0.2) is 0 Å². The summed E-state index contributed by atoms with van der Waals surface area (Å²) < 4.78 is 17.0. The molecule has 0 aliphatic carbocycles. The second kappa shape index (κ2) is 17.4. The van der Waals surface area contributed by atoms with Gasteiger partial charge >= 0.3 is 11.9 Å². The van der Waals surface area contributed by atoms with Gasteiger partial charge in [0, 0.05) is 22.6 Å². The molecule has 0 aromatic heterocycles. The molecule has 0 spiro atoms. The fourth-order valence-electron chi connectivity index (χ4n) is 5.53. The van der Waals surface area contributed by atoms with Gasteiger partial charge in [-0.05, 0) is 42.2 Å². The van der Waals surface area contributed by atoms with E-state index in [1.54, 1.807) is 31.2 Å². The van der Waals surface area contributed by atoms with Crippen LogP contribution in [0.4, 0.5) is 0 Å². The number of aliphatic imine (C=N–C) groups is 1. The Morgan fingerprint density at radius 3 is 2.26 bits per heavy atom. The number of aliphatic hydroxyl groups is 2. The normalized spacial score (nSPS) is 16.8. The van der Waals surface area contributed by atoms with Crippen molar-refractivity contribution >= 4 is 29.3 Å². The lowest BCUT2D eigenvalue weighted by Gasteiger charge is -2.32. The van der Waals surface area contributed by atoms with Crippen molar-refractivity contribution in [1.29, 1.82) is 5.26 Å². The Balaban J connectivity index is 1.69. The first-order chi connectivity index (χ1) is 22.3. The third-order valence-corrected chi connectivity index (χ3v) is 7.89. The summed E-state index contributed by atoms with van der Waals surface area (Å²) in [6.07, 6.45) is -0.618. The van der Waals surface area contributed by atoms with Gasteiger partial charge in [0.05, 0.1) is 50.2 Å². The minimum absolute atomic E-state index is 0.0114. The highest BCUT2D eigenvalue weighted by Gasteiger charge is 2.43. The second-order valence-electron chi connectivity index (χ2n) is 10.8. The first kappa shape index (κ1) is 34.5. The number of hydrogen-bond donors (Lipinski definition) is 2. The Kier molecular flexibility index (Phi) is 13.1. The highest BCUT2D eigenvalue weighted by molar-refractivity contribution is 6.30. The summed E-state index contributed by atoms with van der Waals surface area (Å²) in [6, 6.07) is 28.7. The molecule has 2 N–H and O–H groups in total. The lowest BCUT2D eigenvalue weighted by Crippen LogP contribution is -2.37. The number of hydrogen-bond acceptors (Lipinski definition) is 9. The lowest BCUT2D eigenvalue weighted by molar-refractivity contribution is -0.146. The molecular formula is C36H37ClN2O7. The molecule has 0 radical (unpaired) electrons. The number of ether oxygens (including phenoxy) is 3. The van der Waals surface area contributed by atoms with Gasteiger partial charge in [-0.3, -0.25) is 9.79 Å². The average Bonchev–Trinajstić information content (AvgIpc) is 3.07. The Morgan fingerprint density at radius 1 is 0.978 bits per heavy atom. The molecule has 46 heavy (non-hydrogen) atoms. The molecule has 0 fully saturated rings. The predicted molar refractivity (Wildman–Crippen MR) is 173 cm³/mol. The van der Waals surface area contributed by atoms with Crippen molar-refractivity contribution in [3.8, 4) is 6.07 Å². The number of halogens is 1. The third-order valence-electron chi connectivity index (χ3n) is 7.66. The van der Waals surface area contributed by atoms with E-state index < -0.39 is 36.5 Å². The SMILES string of the molecule is CC1=NC(COCC(O)CO)=C(C(=O)OCCC(c2ccccc2)c2ccccc2)C(c2cccc(Cl)c2)C1C(=O)OCCC#N. The number of aliphatic hydroxyl groups excluding tert-OH is 2. The number of nitriles is 1. The molecule has 0 bridgehead atoms. The Hall–Kier alpha value is -4.33. The van der Waals surface area contributed by atoms with E-state index in [1.165, 1.54) is 0 Å². The Labute approximate surface area is 273 Å². The quantitative estimate of drug-likeness (QED) is 0.167. The van der Waals surface area contributed by atoms with E-state index in [-0.39, 0.29) is 50.0 Å². The summed E-state index contributed by atoms with van der Waals surface area (Å²) in [5.41, 5.74) is 3.42. The summed E-state index contributed by atoms with van der Waals surface area (Å²) in [5, 5.41) is 28.4. The van der Waals surface area contributed by atoms with Crippen LogP contribution in [-0.2, 0) is 23.8 Å². The van der Waals surface area contributed by atoms with E-state index >= 15 is 0 Å². The van der Waals surface area contributed by atoms with Crippen LogP contribution in [0.2, 0.25) is 5.02 Å². The van der Waals surface area contributed by atoms with Crippen LogP contribution >= 0.6 is 11.6 Å². The predicted octanol–water partition coefficient (Wildman–Crippen LogP) is 5.36. The van der Waals surface area contributed by atoms with Crippen LogP contribution in [0.25, 0.3) is 0 Å². The number of carbonyl (C=O) groups excluding carboxylic acids is 2. The monoisotopic (exact) mass is 644 g/mol. The van der Waals surface area contributed by atoms with Crippen molar-refractivity contribution in [2.75, 3.05) is 33.0 Å². The van der Waals surface area contributed by atoms with Gasteiger partial charge < -0.3 is 24.4 Å². The zero-order chi connectivity index (χ0) is 32.9. The zero-order valence-electron chi connectivity index (χ0n) is 25.6. The molecule has 9 nitrogen and oxygen atoms in total. The molecule has 1 aliphatic heterocycles. The summed E-state index contributed by atoms with van der Waals surface area (Å²) in [4.78, 5) is 32.2. The third kappa shape index (κ3) is 9.12. The highest BCUT2D eigenvalue weighted by atomic mass is 35.5. The maximum absolute atomic E-state index is 14.1. The molecule has 3 atom stereocenters. The topological polar surface area (TPSA) is 138 Å². The first-order valence-electron chi connectivity index (χ1n) is 15.0. The molecule has 10 heteroatoms. The van der Waals surface area contributed by atoms with Gasteiger partial charge in [-0.2, -0.15) is 5.26 Å². The van der Waals surface area contributed by atoms with Crippen molar-refractivity contribution < 1.29 is 34.0 Å². The number of rotatable bonds is 15. The van der Waals surface area contributed by atoms with Crippen LogP contribution in [0.15, 0.2) is 101 Å². The number of esters is 2. The standard InChI is InChI=1S/C36H37ClN2O7/c1-24-32(35(42)45-18-9-17-38)33(27-14-8-15-28(37)20-27)34(31(39-24)23-44-22-29(41)21-40)36(43)46-19-16-30(25-10-4-2-5-11-25)26-12-6-3-7-13-26/h2-8,10-15,20,29-30,32-33,40-41H,9,16,18-19,21-23H2,1H3. The van der Waals surface area contributed by atoms with Gasteiger partial charge in [0.2, 0.25) is 0 Å². The van der Waals surface area contributed by atoms with Crippen LogP contribution in [0.5, 0.6) is 0 Å². The Bertz CT molecular complexity index is 1530. The van der Waals surface area contributed by atoms with E-state index in [0.717, 1.165) is 11.1 Å². The summed E-state index contributed by atoms with van der Waals surface area (Å²) in [5.74, 6) is -3.26. The highest BCUT2D eigenvalue weighted by Crippen LogP contribution is 2.41. The van der Waals surface area contributed by atoms with Crippen molar-refractivity contribution in [3.63, 3.8) is 0 Å². The fraction of sp³-hybridized carbons (Fsp3) is 0.333. The largest absolute Gasteiger partial charge is 0.464 e. The van der Waals surface area contributed by atoms with Crippen LogP contribution in [-0.4, -0.2) is 67.0 Å². The molecule has 0 saturated heterocycles. The van der Waals surface area contributed by atoms with E-state index in [0.29, 0.717) is 22.7 Å². The molecular weight excluding hydrogens is 608 g/mol. The van der Waals surface area contributed by atoms with Gasteiger partial charge in [0.25, 0.3) is 0 Å². The first-order valence-corrected chi connectivity index (χ1v) is 15.4. The number of nitrogens with zero attached hydrogens (tertiary/aromatic N) is 2. The number of carbonyl (C=O) groups is 2. The molecule has 1 heterocycles. The molecule has 0 saturated carbocycles. The molecule has 3 aromatic carbocycles. The van der Waals surface area contributed by atoms with E-state index in [4.69, 9.17) is 31.1 Å². The number of benzene rings is 3. The fourth-order valence-corrected chi connectivity index (χ4v) is 5.72. The van der Waals surface area contributed by atoms with Crippen molar-refractivity contribution in [2.45, 2.75) is 37.7 Å². The molecule has 0 amide bonds. The van der Waals surface area contributed by atoms with Gasteiger partial charge in [-0.1, -0.05) is 84.4 Å². The van der Waals surface area contributed by atoms with E-state index in [1.807, 2.05) is 66.7 Å². The lowest BCUT2D eigenvalue weighted by atomic mass is 9.75. The van der Waals surface area contributed by atoms with Crippen LogP contribution in [0, 0.1) is 17.2 Å². The smallest absolute Gasteiger partial charge is 0.336 e. The summed E-state index contributed by atoms with van der Waals surface area (Å²) >= 11 is 6.37. The van der Waals surface area contributed by atoms with Gasteiger partial charge in [0.1, 0.15) is 18.6 Å². The molecule has 4 rings (SSSR count). The zero-order valence-corrected chi connectivity index (χ0v) is 26.3. The summed E-state index contributed by atoms with van der Waals surface area (Å²) in [7, 11) is 0. The van der Waals surface area contributed by atoms with Crippen molar-refractivity contribution in [2.24, 2.45) is 10.9 Å². The molecule has 3 aromatic rings. The van der Waals surface area contributed by atoms with Crippen LogP contribution in [0.1, 0.15) is 48.3 Å². The Morgan fingerprint density at radius 2 is 1.65 bits per heavy atom. The second-order valence-corrected chi connectivity index (χ2v) is 11.3. The minimum atomic E-state index is -1.12.